The first-order chi connectivity index (χ1) is 13.4. The number of halogens is 1. The lowest BCUT2D eigenvalue weighted by atomic mass is 9.57. The van der Waals surface area contributed by atoms with Crippen molar-refractivity contribution in [1.82, 2.24) is 0 Å². The summed E-state index contributed by atoms with van der Waals surface area (Å²) in [4.78, 5) is 29.2. The van der Waals surface area contributed by atoms with E-state index in [-0.39, 0.29) is 35.2 Å². The third-order valence-corrected chi connectivity index (χ3v) is 7.37. The fourth-order valence-electron chi connectivity index (χ4n) is 7.05. The fraction of sp³-hybridized carbons (Fsp3) is 0.652. The maximum Gasteiger partial charge on any atom is 0.329 e. The van der Waals surface area contributed by atoms with Gasteiger partial charge in [0.1, 0.15) is 5.82 Å². The number of cyclic esters (lactones) is 2. The number of hydrogen-bond donors (Lipinski definition) is 0. The van der Waals surface area contributed by atoms with Crippen molar-refractivity contribution in [3.63, 3.8) is 0 Å². The molecule has 3 aliphatic heterocycles. The summed E-state index contributed by atoms with van der Waals surface area (Å²) in [5.74, 6) is -2.75. The molecule has 5 rings (SSSR count). The third-order valence-electron chi connectivity index (χ3n) is 7.37. The monoisotopic (exact) mass is 401 g/mol. The van der Waals surface area contributed by atoms with Gasteiger partial charge in [0.2, 0.25) is 0 Å². The minimum Gasteiger partial charge on any atom is -0.422 e. The number of carbonyl (C=O) groups excluding carboxylic acids is 2. The number of esters is 2. The van der Waals surface area contributed by atoms with Crippen molar-refractivity contribution < 1.29 is 23.5 Å². The minimum absolute atomic E-state index is 0.0815. The van der Waals surface area contributed by atoms with Gasteiger partial charge in [-0.2, -0.15) is 0 Å². The predicted octanol–water partition coefficient (Wildman–Crippen LogP) is 3.98. The second kappa shape index (κ2) is 5.32. The van der Waals surface area contributed by atoms with Crippen LogP contribution >= 0.6 is 0 Å². The molecule has 5 nitrogen and oxygen atoms in total. The van der Waals surface area contributed by atoms with Gasteiger partial charge in [0, 0.05) is 32.0 Å². The summed E-state index contributed by atoms with van der Waals surface area (Å²) in [5, 5.41) is 0. The maximum atomic E-state index is 14.1. The van der Waals surface area contributed by atoms with E-state index in [0.29, 0.717) is 5.56 Å². The molecule has 1 aliphatic carbocycles. The van der Waals surface area contributed by atoms with Gasteiger partial charge in [-0.25, -0.2) is 4.39 Å². The molecule has 156 valence electrons. The van der Waals surface area contributed by atoms with Gasteiger partial charge in [0.25, 0.3) is 5.79 Å². The largest absolute Gasteiger partial charge is 0.422 e. The summed E-state index contributed by atoms with van der Waals surface area (Å²) >= 11 is 0. The molecule has 29 heavy (non-hydrogen) atoms. The molecule has 0 aromatic heterocycles. The van der Waals surface area contributed by atoms with Gasteiger partial charge in [-0.15, -0.1) is 0 Å². The van der Waals surface area contributed by atoms with E-state index in [2.05, 4.69) is 25.7 Å². The number of carbonyl (C=O) groups is 2. The molecule has 1 aromatic rings. The first-order valence-electron chi connectivity index (χ1n) is 10.4. The molecule has 1 saturated carbocycles. The van der Waals surface area contributed by atoms with Crippen molar-refractivity contribution in [2.75, 3.05) is 4.90 Å². The van der Waals surface area contributed by atoms with Crippen molar-refractivity contribution in [2.45, 2.75) is 78.2 Å². The van der Waals surface area contributed by atoms with Crippen molar-refractivity contribution in [3.05, 3.63) is 29.6 Å². The van der Waals surface area contributed by atoms with Crippen LogP contribution in [0.1, 0.15) is 59.4 Å². The number of hydrogen-bond acceptors (Lipinski definition) is 5. The molecule has 2 bridgehead atoms. The van der Waals surface area contributed by atoms with Crippen LogP contribution in [0.5, 0.6) is 0 Å². The number of benzene rings is 1. The Morgan fingerprint density at radius 1 is 1.03 bits per heavy atom. The van der Waals surface area contributed by atoms with Gasteiger partial charge in [0.15, 0.2) is 5.41 Å². The van der Waals surface area contributed by atoms with E-state index in [0.717, 1.165) is 24.9 Å². The highest BCUT2D eigenvalue weighted by Crippen LogP contribution is 2.64. The average molecular weight is 401 g/mol. The van der Waals surface area contributed by atoms with Gasteiger partial charge in [-0.1, -0.05) is 20.8 Å². The Kier molecular flexibility index (Phi) is 3.47. The molecular weight excluding hydrogens is 373 g/mol. The molecule has 3 heterocycles. The summed E-state index contributed by atoms with van der Waals surface area (Å²) < 4.78 is 25.4. The zero-order valence-corrected chi connectivity index (χ0v) is 17.7. The molecule has 1 aromatic carbocycles. The standard InChI is InChI=1S/C23H28FNO4/c1-20(2)10-15-11-22(5,12-20)17-23(18(26)28-21(3,4)29-19(23)27)9-13-8-14(24)6-7-16(13)25(15)17/h6-8,15,17H,9-12H2,1-5H3. The van der Waals surface area contributed by atoms with Crippen molar-refractivity contribution in [3.8, 4) is 0 Å². The van der Waals surface area contributed by atoms with Crippen LogP contribution in [0.2, 0.25) is 0 Å². The lowest BCUT2D eigenvalue weighted by molar-refractivity contribution is -0.255. The average Bonchev–Trinajstić information content (AvgIpc) is 2.77. The molecule has 3 atom stereocenters. The molecule has 6 heteroatoms. The Bertz CT molecular complexity index is 919. The number of ether oxygens (including phenoxy) is 2. The first-order valence-corrected chi connectivity index (χ1v) is 10.4. The molecule has 1 spiro atoms. The van der Waals surface area contributed by atoms with Crippen LogP contribution in [-0.4, -0.2) is 29.8 Å². The molecule has 0 radical (unpaired) electrons. The lowest BCUT2D eigenvalue weighted by Gasteiger charge is -2.53. The topological polar surface area (TPSA) is 55.8 Å². The van der Waals surface area contributed by atoms with E-state index in [1.165, 1.54) is 12.1 Å². The number of anilines is 1. The van der Waals surface area contributed by atoms with Crippen LogP contribution in [0.4, 0.5) is 10.1 Å². The fourth-order valence-corrected chi connectivity index (χ4v) is 7.05. The summed E-state index contributed by atoms with van der Waals surface area (Å²) in [5.41, 5.74) is -0.0428. The molecule has 0 amide bonds. The SMILES string of the molecule is CC1(C)CC2CC(C)(C1)C1N2c2ccc(F)cc2CC12C(=O)OC(C)(C)OC2=O. The van der Waals surface area contributed by atoms with E-state index >= 15 is 0 Å². The van der Waals surface area contributed by atoms with Crippen LogP contribution < -0.4 is 4.90 Å². The Morgan fingerprint density at radius 2 is 1.69 bits per heavy atom. The number of rotatable bonds is 0. The first kappa shape index (κ1) is 18.9. The van der Waals surface area contributed by atoms with Crippen LogP contribution in [0, 0.1) is 22.1 Å². The molecule has 2 saturated heterocycles. The molecule has 0 N–H and O–H groups in total. The lowest BCUT2D eigenvalue weighted by Crippen LogP contribution is -2.67. The van der Waals surface area contributed by atoms with Gasteiger partial charge in [-0.3, -0.25) is 9.59 Å². The van der Waals surface area contributed by atoms with Crippen molar-refractivity contribution in [1.29, 1.82) is 0 Å². The summed E-state index contributed by atoms with van der Waals surface area (Å²) in [6, 6.07) is 4.53. The zero-order valence-electron chi connectivity index (χ0n) is 17.7. The van der Waals surface area contributed by atoms with Gasteiger partial charge < -0.3 is 14.4 Å². The Morgan fingerprint density at radius 3 is 2.34 bits per heavy atom. The van der Waals surface area contributed by atoms with E-state index in [1.807, 2.05) is 0 Å². The highest BCUT2D eigenvalue weighted by Gasteiger charge is 2.72. The molecule has 3 unspecified atom stereocenters. The summed E-state index contributed by atoms with van der Waals surface area (Å²) in [6.07, 6.45) is 2.86. The van der Waals surface area contributed by atoms with Crippen LogP contribution in [0.25, 0.3) is 0 Å². The minimum atomic E-state index is -1.47. The van der Waals surface area contributed by atoms with E-state index in [9.17, 15) is 14.0 Å². The molecule has 3 fully saturated rings. The van der Waals surface area contributed by atoms with E-state index in [1.54, 1.807) is 19.9 Å². The van der Waals surface area contributed by atoms with E-state index < -0.39 is 23.1 Å². The maximum absolute atomic E-state index is 14.1. The highest BCUT2D eigenvalue weighted by molar-refractivity contribution is 6.04. The predicted molar refractivity (Wildman–Crippen MR) is 105 cm³/mol. The zero-order chi connectivity index (χ0) is 21.0. The second-order valence-corrected chi connectivity index (χ2v) is 11.0. The smallest absolute Gasteiger partial charge is 0.329 e. The van der Waals surface area contributed by atoms with E-state index in [4.69, 9.17) is 9.47 Å². The third kappa shape index (κ3) is 2.44. The van der Waals surface area contributed by atoms with Gasteiger partial charge in [-0.05, 0) is 53.9 Å². The Balaban J connectivity index is 1.75. The van der Waals surface area contributed by atoms with Crippen LogP contribution in [0.15, 0.2) is 18.2 Å². The van der Waals surface area contributed by atoms with Gasteiger partial charge >= 0.3 is 11.9 Å². The number of nitrogens with zero attached hydrogens (tertiary/aromatic N) is 1. The summed E-state index contributed by atoms with van der Waals surface area (Å²) in [7, 11) is 0. The van der Waals surface area contributed by atoms with Crippen molar-refractivity contribution in [2.24, 2.45) is 16.2 Å². The normalized spacial score (nSPS) is 35.6. The highest BCUT2D eigenvalue weighted by atomic mass is 19.1. The quantitative estimate of drug-likeness (QED) is 0.486. The van der Waals surface area contributed by atoms with Crippen LogP contribution in [0.3, 0.4) is 0 Å². The van der Waals surface area contributed by atoms with Crippen molar-refractivity contribution >= 4 is 17.6 Å². The molecule has 4 aliphatic rings. The Labute approximate surface area is 170 Å². The molecular formula is C23H28FNO4. The Hall–Kier alpha value is -2.11. The summed E-state index contributed by atoms with van der Waals surface area (Å²) in [6.45, 7) is 9.81. The van der Waals surface area contributed by atoms with Gasteiger partial charge in [0.05, 0.1) is 6.04 Å². The second-order valence-electron chi connectivity index (χ2n) is 11.0. The number of fused-ring (bicyclic) bond motifs is 8. The van der Waals surface area contributed by atoms with Crippen LogP contribution in [-0.2, 0) is 25.5 Å².